The lowest BCUT2D eigenvalue weighted by Crippen LogP contribution is -2.17. The average Bonchev–Trinajstić information content (AvgIpc) is 1.43. The van der Waals surface area contributed by atoms with Gasteiger partial charge in [-0.25, -0.2) is 4.98 Å². The first-order valence-electron chi connectivity index (χ1n) is 34.9. The van der Waals surface area contributed by atoms with Gasteiger partial charge < -0.3 is 5.11 Å². The van der Waals surface area contributed by atoms with Crippen molar-refractivity contribution in [2.75, 3.05) is 0 Å². The van der Waals surface area contributed by atoms with E-state index in [1.165, 1.54) is 48.5 Å². The zero-order chi connectivity index (χ0) is 70.2. The zero-order valence-electron chi connectivity index (χ0n) is 64.6. The smallest absolute Gasteiger partial charge is 0.149 e. The van der Waals surface area contributed by atoms with E-state index in [2.05, 4.69) is 0 Å². The van der Waals surface area contributed by atoms with Gasteiger partial charge in [0, 0.05) is 69.6 Å². The molecule has 2 heterocycles. The minimum absolute atomic E-state index is 0.0849. The van der Waals surface area contributed by atoms with Crippen LogP contribution in [-0.4, -0.2) is 19.6 Å². The molecule has 0 aliphatic heterocycles. The number of para-hydroxylation sites is 1. The highest BCUT2D eigenvalue weighted by molar-refractivity contribution is 5.98. The molecule has 0 aliphatic rings. The molecule has 6 aromatic carbocycles. The highest BCUT2D eigenvalue weighted by Crippen LogP contribution is 2.46. The molecule has 4 heteroatoms. The summed E-state index contributed by atoms with van der Waals surface area (Å²) in [6.45, 7) is -33.7. The highest BCUT2D eigenvalue weighted by atomic mass is 16.3. The van der Waals surface area contributed by atoms with Gasteiger partial charge in [0.25, 0.3) is 0 Å². The Hall–Kier alpha value is -6.26. The quantitative estimate of drug-likeness (QED) is 0.181. The van der Waals surface area contributed by atoms with Crippen molar-refractivity contribution in [2.24, 2.45) is 0 Å². The first-order chi connectivity index (χ1) is 42.0. The summed E-state index contributed by atoms with van der Waals surface area (Å²) in [5.74, 6) is -2.37. The molecule has 63 heavy (non-hydrogen) atoms. The second kappa shape index (κ2) is 15.8. The van der Waals surface area contributed by atoms with Crippen LogP contribution < -0.4 is 0 Å². The van der Waals surface area contributed by atoms with Crippen LogP contribution in [-0.2, 0) is 21.7 Å². The highest BCUT2D eigenvalue weighted by Gasteiger charge is 2.30. The molecule has 0 fully saturated rings. The average molecular weight is 860 g/mol. The van der Waals surface area contributed by atoms with E-state index >= 15 is 0 Å². The van der Waals surface area contributed by atoms with Crippen LogP contribution in [0.2, 0.25) is 0 Å². The van der Waals surface area contributed by atoms with Crippen LogP contribution in [0.25, 0.3) is 72.7 Å². The Kier molecular flexibility index (Phi) is 5.04. The van der Waals surface area contributed by atoms with E-state index in [1.807, 2.05) is 26.8 Å². The largest absolute Gasteiger partial charge is 0.507 e. The van der Waals surface area contributed by atoms with E-state index in [1.54, 1.807) is 54.7 Å². The van der Waals surface area contributed by atoms with Gasteiger partial charge in [0.1, 0.15) is 11.6 Å². The van der Waals surface area contributed by atoms with Crippen molar-refractivity contribution in [3.8, 4) is 67.5 Å². The molecule has 0 aliphatic carbocycles. The molecular weight excluding hydrogens is 767 g/mol. The predicted octanol–water partition coefficient (Wildman–Crippen LogP) is 16.0. The summed E-state index contributed by atoms with van der Waals surface area (Å²) in [7, 11) is 0. The number of nitrogens with zero attached hydrogens (tertiary/aromatic N) is 3. The molecule has 4 nitrogen and oxygen atoms in total. The van der Waals surface area contributed by atoms with Gasteiger partial charge in [-0.2, -0.15) is 0 Å². The Morgan fingerprint density at radius 3 is 1.89 bits per heavy atom. The zero-order valence-corrected chi connectivity index (χ0v) is 34.6. The number of benzene rings is 6. The number of aromatic nitrogens is 3. The van der Waals surface area contributed by atoms with E-state index in [0.29, 0.717) is 39.6 Å². The van der Waals surface area contributed by atoms with Crippen molar-refractivity contribution in [2.45, 2.75) is 111 Å². The topological polar surface area (TPSA) is 50.9 Å². The van der Waals surface area contributed by atoms with Gasteiger partial charge in [-0.15, -0.1) is 0 Å². The summed E-state index contributed by atoms with van der Waals surface area (Å²) in [5, 5.41) is 13.2. The van der Waals surface area contributed by atoms with E-state index in [4.69, 9.17) is 51.1 Å². The predicted molar refractivity (Wildman–Crippen MR) is 267 cm³/mol. The van der Waals surface area contributed by atoms with E-state index in [0.717, 1.165) is 22.8 Å². The van der Waals surface area contributed by atoms with Crippen molar-refractivity contribution in [1.29, 1.82) is 0 Å². The molecule has 0 saturated heterocycles. The lowest BCUT2D eigenvalue weighted by Gasteiger charge is -2.28. The third-order valence-electron chi connectivity index (χ3n) is 11.0. The Morgan fingerprint density at radius 1 is 0.508 bits per heavy atom. The summed E-state index contributed by atoms with van der Waals surface area (Å²) in [4.78, 5) is 9.75. The summed E-state index contributed by atoms with van der Waals surface area (Å²) in [6.07, 6.45) is 1.54. The summed E-state index contributed by atoms with van der Waals surface area (Å²) in [6, 6.07) is 30.7. The number of imidazole rings is 1. The summed E-state index contributed by atoms with van der Waals surface area (Å²) < 4.78 is 261. The van der Waals surface area contributed by atoms with E-state index < -0.39 is 124 Å². The fourth-order valence-corrected chi connectivity index (χ4v) is 7.67. The maximum atomic E-state index is 13.2. The second-order valence-corrected chi connectivity index (χ2v) is 16.8. The number of phenolic OH excluding ortho intramolecular Hbond substituents is 1. The molecule has 8 aromatic rings. The second-order valence-electron chi connectivity index (χ2n) is 16.8. The number of aromatic hydroxyl groups is 1. The number of fused-ring (bicyclic) bond motifs is 1. The molecule has 0 amide bonds. The fraction of sp³-hybridized carbons (Fsp3) is 0.288. The van der Waals surface area contributed by atoms with Crippen molar-refractivity contribution >= 4 is 11.0 Å². The molecule has 0 atom stereocenters. The van der Waals surface area contributed by atoms with Crippen LogP contribution in [0, 0.1) is 6.85 Å². The Bertz CT molecular complexity index is 4000. The standard InChI is InChI=1S/C59H63N3O/c1-37-22-24-38(25-23-37)40-28-29-60-50(33-40)42-30-41(31-44(32-42)57(5,6)7)46-20-17-21-52-53(46)61-55(48-35-45(58(8,9)10)36-49(54(48)63)59(11,12)13)62(52)51-27-26-43(56(2,3)4)34-47(51)39-18-15-14-16-19-39/h14-36,63H,1-13H3/i1D3,2D3,3D3,4D3,8D3,9D3,10D3,11D3,12D3,13D3. The van der Waals surface area contributed by atoms with Gasteiger partial charge in [0.15, 0.2) is 0 Å². The monoisotopic (exact) mass is 860 g/mol. The summed E-state index contributed by atoms with van der Waals surface area (Å²) in [5.41, 5.74) is -14.9. The van der Waals surface area contributed by atoms with Gasteiger partial charge in [0.2, 0.25) is 0 Å². The minimum atomic E-state index is -4.34. The lowest BCUT2D eigenvalue weighted by atomic mass is 9.79. The molecule has 0 bridgehead atoms. The minimum Gasteiger partial charge on any atom is -0.507 e. The first-order valence-corrected chi connectivity index (χ1v) is 19.9. The third kappa shape index (κ3) is 8.61. The molecule has 0 radical (unpaired) electrons. The molecule has 320 valence electrons. The van der Waals surface area contributed by atoms with Crippen LogP contribution in [0.4, 0.5) is 0 Å². The van der Waals surface area contributed by atoms with E-state index in [9.17, 15) is 5.11 Å². The third-order valence-corrected chi connectivity index (χ3v) is 11.0. The molecule has 0 unspecified atom stereocenters. The van der Waals surface area contributed by atoms with Crippen molar-refractivity contribution in [3.05, 3.63) is 167 Å². The number of hydrogen-bond donors (Lipinski definition) is 1. The lowest BCUT2D eigenvalue weighted by molar-refractivity contribution is 0.446. The Morgan fingerprint density at radius 2 is 1.19 bits per heavy atom. The van der Waals surface area contributed by atoms with Crippen molar-refractivity contribution in [3.63, 3.8) is 0 Å². The fourth-order valence-electron chi connectivity index (χ4n) is 7.67. The van der Waals surface area contributed by atoms with Crippen LogP contribution in [0.1, 0.15) is 151 Å². The first kappa shape index (κ1) is 20.1. The number of pyridine rings is 1. The molecule has 2 aromatic heterocycles. The van der Waals surface area contributed by atoms with Gasteiger partial charge >= 0.3 is 0 Å². The molecule has 1 N–H and O–H groups in total. The number of aryl methyl sites for hydroxylation is 1. The normalized spacial score (nSPS) is 21.6. The number of rotatable bonds is 6. The van der Waals surface area contributed by atoms with Crippen LogP contribution in [0.3, 0.4) is 0 Å². The Balaban J connectivity index is 1.65. The number of phenols is 1. The molecule has 0 saturated carbocycles. The summed E-state index contributed by atoms with van der Waals surface area (Å²) >= 11 is 0. The molecule has 0 spiro atoms. The van der Waals surface area contributed by atoms with Crippen LogP contribution in [0.15, 0.2) is 140 Å². The SMILES string of the molecule is [2H]C([2H])([2H])c1ccc(-c2ccnc(-c3cc(-c4cccc5c4nc(-c4cc(C(C([2H])([2H])[2H])(C([2H])([2H])[2H])C([2H])([2H])[2H])cc(C(C([2H])([2H])[2H])(C([2H])([2H])[2H])C([2H])([2H])[2H])c4O)n5-c4ccc(C(C([2H])([2H])[2H])(C([2H])([2H])[2H])C([2H])([2H])[2H])cc4-c4ccccc4)cc(C(C)(C)C)c3)c2)cc1. The van der Waals surface area contributed by atoms with Crippen LogP contribution >= 0.6 is 0 Å². The van der Waals surface area contributed by atoms with Gasteiger partial charge in [-0.1, -0.05) is 173 Å². The van der Waals surface area contributed by atoms with Crippen molar-refractivity contribution in [1.82, 2.24) is 14.5 Å². The maximum Gasteiger partial charge on any atom is 0.149 e. The van der Waals surface area contributed by atoms with Gasteiger partial charge in [-0.3, -0.25) is 9.55 Å². The Labute approximate surface area is 417 Å². The van der Waals surface area contributed by atoms with Crippen LogP contribution in [0.5, 0.6) is 5.75 Å². The molecule has 8 rings (SSSR count). The van der Waals surface area contributed by atoms with Gasteiger partial charge in [-0.05, 0) is 116 Å². The van der Waals surface area contributed by atoms with E-state index in [-0.39, 0.29) is 45.0 Å². The number of hydrogen-bond acceptors (Lipinski definition) is 3. The maximum absolute atomic E-state index is 13.2. The van der Waals surface area contributed by atoms with Gasteiger partial charge in [0.05, 0.1) is 28.0 Å². The molecular formula is C59H63N3O. The van der Waals surface area contributed by atoms with Crippen molar-refractivity contribution < 1.29 is 46.2 Å².